The number of nitrogens with two attached hydrogens (primary N) is 1. The van der Waals surface area contributed by atoms with Crippen LogP contribution < -0.4 is 11.1 Å². The van der Waals surface area contributed by atoms with Gasteiger partial charge in [-0.3, -0.25) is 10.1 Å². The van der Waals surface area contributed by atoms with Gasteiger partial charge in [0, 0.05) is 18.6 Å². The molecule has 2 heterocycles. The van der Waals surface area contributed by atoms with Crippen LogP contribution >= 0.6 is 0 Å². The molecule has 0 saturated carbocycles. The number of nitrogens with one attached hydrogen (secondary N) is 2. The summed E-state index contributed by atoms with van der Waals surface area (Å²) in [6, 6.07) is 3.28. The summed E-state index contributed by atoms with van der Waals surface area (Å²) in [6.07, 6.45) is 4.65. The average Bonchev–Trinajstić information content (AvgIpc) is 2.71. The van der Waals surface area contributed by atoms with Gasteiger partial charge in [-0.05, 0) is 12.1 Å². The first-order valence-corrected chi connectivity index (χ1v) is 4.28. The molecule has 0 radical (unpaired) electrons. The number of rotatable bonds is 2. The van der Waals surface area contributed by atoms with Crippen LogP contribution in [0.15, 0.2) is 30.7 Å². The Morgan fingerprint density at radius 3 is 2.93 bits per heavy atom. The molecule has 2 aromatic rings. The van der Waals surface area contributed by atoms with Crippen molar-refractivity contribution in [1.82, 2.24) is 15.0 Å². The first-order chi connectivity index (χ1) is 7.27. The second kappa shape index (κ2) is 3.79. The molecule has 0 aliphatic rings. The van der Waals surface area contributed by atoms with Gasteiger partial charge in [0.05, 0.1) is 5.69 Å². The second-order valence-electron chi connectivity index (χ2n) is 2.83. The zero-order valence-electron chi connectivity index (χ0n) is 7.77. The molecule has 2 rings (SSSR count). The molecule has 76 valence electrons. The highest BCUT2D eigenvalue weighted by atomic mass is 16.2. The summed E-state index contributed by atoms with van der Waals surface area (Å²) in [4.78, 5) is 22.1. The number of imidazole rings is 1. The van der Waals surface area contributed by atoms with Crippen molar-refractivity contribution >= 4 is 17.5 Å². The Morgan fingerprint density at radius 1 is 1.40 bits per heavy atom. The SMILES string of the molecule is Nc1cccnc1C(=O)Nc1ncc[nH]1. The van der Waals surface area contributed by atoms with E-state index in [2.05, 4.69) is 20.3 Å². The normalized spacial score (nSPS) is 9.87. The molecule has 0 aliphatic carbocycles. The molecule has 0 aliphatic heterocycles. The van der Waals surface area contributed by atoms with E-state index >= 15 is 0 Å². The van der Waals surface area contributed by atoms with Gasteiger partial charge < -0.3 is 10.7 Å². The molecule has 6 heteroatoms. The van der Waals surface area contributed by atoms with Crippen molar-refractivity contribution < 1.29 is 4.79 Å². The van der Waals surface area contributed by atoms with E-state index in [0.29, 0.717) is 11.6 Å². The maximum absolute atomic E-state index is 11.6. The third-order valence-corrected chi connectivity index (χ3v) is 1.78. The van der Waals surface area contributed by atoms with Gasteiger partial charge in [-0.1, -0.05) is 0 Å². The van der Waals surface area contributed by atoms with Crippen LogP contribution in [-0.4, -0.2) is 20.9 Å². The summed E-state index contributed by atoms with van der Waals surface area (Å²) in [7, 11) is 0. The summed E-state index contributed by atoms with van der Waals surface area (Å²) in [5.74, 6) is -0.0203. The number of nitrogens with zero attached hydrogens (tertiary/aromatic N) is 2. The Labute approximate surface area is 85.6 Å². The number of nitrogen functional groups attached to an aromatic ring is 1. The minimum atomic E-state index is -0.386. The van der Waals surface area contributed by atoms with Gasteiger partial charge in [0.15, 0.2) is 5.69 Å². The van der Waals surface area contributed by atoms with E-state index in [4.69, 9.17) is 5.73 Å². The number of hydrogen-bond donors (Lipinski definition) is 3. The van der Waals surface area contributed by atoms with E-state index in [-0.39, 0.29) is 11.6 Å². The molecule has 0 fully saturated rings. The van der Waals surface area contributed by atoms with Crippen LogP contribution in [0.1, 0.15) is 10.5 Å². The lowest BCUT2D eigenvalue weighted by Gasteiger charge is -2.03. The molecule has 0 aromatic carbocycles. The molecular weight excluding hydrogens is 194 g/mol. The zero-order valence-corrected chi connectivity index (χ0v) is 7.77. The highest BCUT2D eigenvalue weighted by molar-refractivity contribution is 6.05. The van der Waals surface area contributed by atoms with Crippen LogP contribution in [0, 0.1) is 0 Å². The minimum absolute atomic E-state index is 0.189. The smallest absolute Gasteiger partial charge is 0.278 e. The van der Waals surface area contributed by atoms with Crippen LogP contribution in [0.25, 0.3) is 0 Å². The number of carbonyl (C=O) groups is 1. The number of amides is 1. The molecule has 0 atom stereocenters. The Hall–Kier alpha value is -2.37. The molecule has 0 unspecified atom stereocenters. The number of aromatic amines is 1. The van der Waals surface area contributed by atoms with E-state index in [9.17, 15) is 4.79 Å². The highest BCUT2D eigenvalue weighted by Gasteiger charge is 2.11. The molecule has 4 N–H and O–H groups in total. The summed E-state index contributed by atoms with van der Waals surface area (Å²) in [5.41, 5.74) is 6.12. The third-order valence-electron chi connectivity index (χ3n) is 1.78. The summed E-state index contributed by atoms with van der Waals surface area (Å²) in [5, 5.41) is 2.53. The van der Waals surface area contributed by atoms with Crippen molar-refractivity contribution in [1.29, 1.82) is 0 Å². The van der Waals surface area contributed by atoms with Gasteiger partial charge in [-0.15, -0.1) is 0 Å². The fourth-order valence-electron chi connectivity index (χ4n) is 1.11. The lowest BCUT2D eigenvalue weighted by molar-refractivity contribution is 0.102. The number of aromatic nitrogens is 3. The average molecular weight is 203 g/mol. The highest BCUT2D eigenvalue weighted by Crippen LogP contribution is 2.08. The number of carbonyl (C=O) groups excluding carboxylic acids is 1. The van der Waals surface area contributed by atoms with Crippen LogP contribution in [0.5, 0.6) is 0 Å². The molecule has 0 bridgehead atoms. The molecule has 0 saturated heterocycles. The Kier molecular flexibility index (Phi) is 2.32. The quantitative estimate of drug-likeness (QED) is 0.667. The van der Waals surface area contributed by atoms with E-state index in [0.717, 1.165) is 0 Å². The summed E-state index contributed by atoms with van der Waals surface area (Å²) in [6.45, 7) is 0. The van der Waals surface area contributed by atoms with Crippen LogP contribution in [0.4, 0.5) is 11.6 Å². The predicted octanol–water partition coefficient (Wildman–Crippen LogP) is 0.639. The Balaban J connectivity index is 2.19. The maximum Gasteiger partial charge on any atom is 0.278 e. The number of hydrogen-bond acceptors (Lipinski definition) is 4. The van der Waals surface area contributed by atoms with Crippen molar-refractivity contribution in [3.05, 3.63) is 36.4 Å². The zero-order chi connectivity index (χ0) is 10.7. The van der Waals surface area contributed by atoms with Gasteiger partial charge in [-0.2, -0.15) is 0 Å². The first-order valence-electron chi connectivity index (χ1n) is 4.28. The summed E-state index contributed by atoms with van der Waals surface area (Å²) < 4.78 is 0. The fraction of sp³-hybridized carbons (Fsp3) is 0. The van der Waals surface area contributed by atoms with E-state index in [1.165, 1.54) is 12.4 Å². The van der Waals surface area contributed by atoms with E-state index < -0.39 is 0 Å². The van der Waals surface area contributed by atoms with E-state index in [1.807, 2.05) is 0 Å². The topological polar surface area (TPSA) is 96.7 Å². The first kappa shape index (κ1) is 9.20. The van der Waals surface area contributed by atoms with Gasteiger partial charge in [-0.25, -0.2) is 9.97 Å². The van der Waals surface area contributed by atoms with Crippen LogP contribution in [0.3, 0.4) is 0 Å². The number of anilines is 2. The van der Waals surface area contributed by atoms with Crippen LogP contribution in [-0.2, 0) is 0 Å². The van der Waals surface area contributed by atoms with Crippen molar-refractivity contribution in [2.45, 2.75) is 0 Å². The van der Waals surface area contributed by atoms with Gasteiger partial charge in [0.1, 0.15) is 0 Å². The minimum Gasteiger partial charge on any atom is -0.397 e. The standard InChI is InChI=1S/C9H9N5O/c10-6-2-1-3-11-7(6)8(15)14-9-12-4-5-13-9/h1-5H,10H2,(H2,12,13,14,15). The molecular formula is C9H9N5O. The Bertz CT molecular complexity index is 465. The van der Waals surface area contributed by atoms with E-state index in [1.54, 1.807) is 18.3 Å². The molecule has 6 nitrogen and oxygen atoms in total. The monoisotopic (exact) mass is 203 g/mol. The molecule has 1 amide bonds. The lowest BCUT2D eigenvalue weighted by Crippen LogP contribution is -2.16. The fourth-order valence-corrected chi connectivity index (χ4v) is 1.11. The molecule has 2 aromatic heterocycles. The van der Waals surface area contributed by atoms with Gasteiger partial charge in [0.2, 0.25) is 5.95 Å². The third kappa shape index (κ3) is 1.93. The second-order valence-corrected chi connectivity index (χ2v) is 2.83. The van der Waals surface area contributed by atoms with Crippen molar-refractivity contribution in [2.24, 2.45) is 0 Å². The summed E-state index contributed by atoms with van der Waals surface area (Å²) >= 11 is 0. The van der Waals surface area contributed by atoms with Gasteiger partial charge in [0.25, 0.3) is 5.91 Å². The van der Waals surface area contributed by atoms with Gasteiger partial charge >= 0.3 is 0 Å². The largest absolute Gasteiger partial charge is 0.397 e. The molecule has 15 heavy (non-hydrogen) atoms. The predicted molar refractivity (Wildman–Crippen MR) is 55.2 cm³/mol. The number of H-pyrrole nitrogens is 1. The lowest BCUT2D eigenvalue weighted by atomic mass is 10.3. The number of pyridine rings is 1. The van der Waals surface area contributed by atoms with Crippen molar-refractivity contribution in [3.8, 4) is 0 Å². The van der Waals surface area contributed by atoms with Crippen molar-refractivity contribution in [2.75, 3.05) is 11.1 Å². The van der Waals surface area contributed by atoms with Crippen LogP contribution in [0.2, 0.25) is 0 Å². The molecule has 0 spiro atoms. The Morgan fingerprint density at radius 2 is 2.27 bits per heavy atom. The van der Waals surface area contributed by atoms with Crippen molar-refractivity contribution in [3.63, 3.8) is 0 Å². The maximum atomic E-state index is 11.6.